The van der Waals surface area contributed by atoms with Crippen molar-refractivity contribution >= 4 is 23.6 Å². The fourth-order valence-corrected chi connectivity index (χ4v) is 2.39. The summed E-state index contributed by atoms with van der Waals surface area (Å²) in [4.78, 5) is 22.2. The summed E-state index contributed by atoms with van der Waals surface area (Å²) in [5.41, 5.74) is 5.17. The summed E-state index contributed by atoms with van der Waals surface area (Å²) in [7, 11) is 1.31. The molecule has 8 nitrogen and oxygen atoms in total. The van der Waals surface area contributed by atoms with Crippen LogP contribution in [0.4, 0.5) is 0 Å². The summed E-state index contributed by atoms with van der Waals surface area (Å²) in [6.45, 7) is 0.307. The molecule has 21 heavy (non-hydrogen) atoms. The summed E-state index contributed by atoms with van der Waals surface area (Å²) >= 11 is 1.17. The van der Waals surface area contributed by atoms with Gasteiger partial charge in [-0.3, -0.25) is 14.2 Å². The Balaban J connectivity index is 2.23. The minimum atomic E-state index is -0.432. The molecule has 0 saturated carbocycles. The zero-order valence-corrected chi connectivity index (χ0v) is 12.1. The topological polar surface area (TPSA) is 113 Å². The molecule has 2 rings (SSSR count). The number of carbonyl (C=O) groups is 2. The Morgan fingerprint density at radius 2 is 2.29 bits per heavy atom. The highest BCUT2D eigenvalue weighted by Crippen LogP contribution is 2.24. The van der Waals surface area contributed by atoms with Gasteiger partial charge in [0.15, 0.2) is 16.7 Å². The number of methoxy groups -OCH3 is 1. The van der Waals surface area contributed by atoms with Crippen molar-refractivity contribution in [2.45, 2.75) is 18.1 Å². The monoisotopic (exact) mass is 310 g/mol. The second-order valence-corrected chi connectivity index (χ2v) is 4.96. The number of aromatic nitrogens is 3. The number of thioether (sulfide) groups is 1. The van der Waals surface area contributed by atoms with Crippen molar-refractivity contribution in [3.05, 3.63) is 18.4 Å². The fourth-order valence-electron chi connectivity index (χ4n) is 1.59. The van der Waals surface area contributed by atoms with Gasteiger partial charge in [0.05, 0.1) is 19.1 Å². The lowest BCUT2D eigenvalue weighted by atomic mass is 10.3. The first-order valence-corrected chi connectivity index (χ1v) is 7.05. The third-order valence-electron chi connectivity index (χ3n) is 2.59. The Kier molecular flexibility index (Phi) is 4.99. The van der Waals surface area contributed by atoms with E-state index in [1.165, 1.54) is 25.1 Å². The molecular weight excluding hydrogens is 296 g/mol. The predicted molar refractivity (Wildman–Crippen MR) is 74.3 cm³/mol. The summed E-state index contributed by atoms with van der Waals surface area (Å²) in [5, 5.41) is 8.54. The molecule has 0 aliphatic carbocycles. The highest BCUT2D eigenvalue weighted by Gasteiger charge is 2.17. The maximum Gasteiger partial charge on any atom is 0.316 e. The van der Waals surface area contributed by atoms with Crippen LogP contribution >= 0.6 is 11.8 Å². The molecule has 2 aromatic rings. The van der Waals surface area contributed by atoms with Gasteiger partial charge in [0.2, 0.25) is 5.91 Å². The maximum absolute atomic E-state index is 11.2. The van der Waals surface area contributed by atoms with Gasteiger partial charge >= 0.3 is 5.97 Å². The van der Waals surface area contributed by atoms with Gasteiger partial charge in [-0.2, -0.15) is 0 Å². The summed E-state index contributed by atoms with van der Waals surface area (Å²) in [5.74, 6) is 0.302. The second-order valence-electron chi connectivity index (χ2n) is 4.02. The van der Waals surface area contributed by atoms with Gasteiger partial charge in [-0.25, -0.2) is 0 Å². The lowest BCUT2D eigenvalue weighted by Gasteiger charge is -2.07. The number of primary amides is 1. The molecule has 0 spiro atoms. The number of furan rings is 1. The zero-order valence-electron chi connectivity index (χ0n) is 11.3. The van der Waals surface area contributed by atoms with Gasteiger partial charge in [-0.05, 0) is 12.1 Å². The molecule has 112 valence electrons. The van der Waals surface area contributed by atoms with Crippen LogP contribution in [0.2, 0.25) is 0 Å². The number of ether oxygens (including phenoxy) is 1. The van der Waals surface area contributed by atoms with Crippen LogP contribution in [0.5, 0.6) is 0 Å². The normalized spacial score (nSPS) is 10.5. The van der Waals surface area contributed by atoms with E-state index in [9.17, 15) is 9.59 Å². The van der Waals surface area contributed by atoms with Crippen molar-refractivity contribution in [1.82, 2.24) is 14.8 Å². The Labute approximate surface area is 124 Å². The van der Waals surface area contributed by atoms with Crippen LogP contribution in [0.15, 0.2) is 28.0 Å². The maximum atomic E-state index is 11.2. The van der Waals surface area contributed by atoms with E-state index in [4.69, 9.17) is 10.2 Å². The average Bonchev–Trinajstić information content (AvgIpc) is 3.11. The number of carbonyl (C=O) groups excluding carboxylic acids is 2. The highest BCUT2D eigenvalue weighted by atomic mass is 32.2. The molecule has 2 aromatic heterocycles. The first kappa shape index (κ1) is 15.1. The molecule has 0 aliphatic heterocycles. The molecule has 1 amide bonds. The molecule has 2 N–H and O–H groups in total. The third kappa shape index (κ3) is 3.85. The Hall–Kier alpha value is -2.29. The van der Waals surface area contributed by atoms with Gasteiger partial charge in [0.25, 0.3) is 0 Å². The Bertz CT molecular complexity index is 623. The molecule has 0 bridgehead atoms. The Morgan fingerprint density at radius 1 is 1.48 bits per heavy atom. The predicted octanol–water partition coefficient (Wildman–Crippen LogP) is 0.679. The molecule has 0 aliphatic rings. The quantitative estimate of drug-likeness (QED) is 0.591. The Morgan fingerprint density at radius 3 is 2.90 bits per heavy atom. The van der Waals surface area contributed by atoms with Gasteiger partial charge in [-0.1, -0.05) is 11.8 Å². The lowest BCUT2D eigenvalue weighted by Crippen LogP contribution is -2.15. The molecule has 0 fully saturated rings. The fraction of sp³-hybridized carbons (Fsp3) is 0.333. The van der Waals surface area contributed by atoms with Gasteiger partial charge in [0.1, 0.15) is 0 Å². The van der Waals surface area contributed by atoms with E-state index >= 15 is 0 Å². The average molecular weight is 310 g/mol. The van der Waals surface area contributed by atoms with Crippen molar-refractivity contribution in [3.63, 3.8) is 0 Å². The third-order valence-corrected chi connectivity index (χ3v) is 3.53. The van der Waals surface area contributed by atoms with Crippen molar-refractivity contribution < 1.29 is 18.7 Å². The van der Waals surface area contributed by atoms with Crippen molar-refractivity contribution in [2.75, 3.05) is 12.9 Å². The highest BCUT2D eigenvalue weighted by molar-refractivity contribution is 7.99. The van der Waals surface area contributed by atoms with E-state index in [0.717, 1.165) is 0 Å². The first-order chi connectivity index (χ1) is 10.1. The molecular formula is C12H14N4O4S. The minimum absolute atomic E-state index is 0.101. The summed E-state index contributed by atoms with van der Waals surface area (Å²) in [6, 6.07) is 3.46. The van der Waals surface area contributed by atoms with Crippen molar-refractivity contribution in [3.8, 4) is 11.6 Å². The zero-order chi connectivity index (χ0) is 15.2. The van der Waals surface area contributed by atoms with Gasteiger partial charge < -0.3 is 14.9 Å². The number of esters is 1. The molecule has 2 heterocycles. The molecule has 0 aromatic carbocycles. The van der Waals surface area contributed by atoms with Crippen LogP contribution in [0.25, 0.3) is 11.6 Å². The summed E-state index contributed by atoms with van der Waals surface area (Å²) in [6.07, 6.45) is 1.65. The number of nitrogens with two attached hydrogens (primary N) is 1. The smallest absolute Gasteiger partial charge is 0.316 e. The molecule has 0 unspecified atom stereocenters. The molecule has 9 heteroatoms. The van der Waals surface area contributed by atoms with Gasteiger partial charge in [0, 0.05) is 13.0 Å². The van der Waals surface area contributed by atoms with Gasteiger partial charge in [-0.15, -0.1) is 10.2 Å². The van der Waals surface area contributed by atoms with E-state index in [0.29, 0.717) is 23.3 Å². The van der Waals surface area contributed by atoms with E-state index < -0.39 is 5.91 Å². The standard InChI is InChI=1S/C12H14N4O4S/c1-19-10(18)7-21-12-15-14-11(8-3-2-6-20-8)16(12)5-4-9(13)17/h2-3,6H,4-5,7H2,1H3,(H2,13,17). The van der Waals surface area contributed by atoms with Crippen molar-refractivity contribution in [1.29, 1.82) is 0 Å². The first-order valence-electron chi connectivity index (χ1n) is 6.07. The van der Waals surface area contributed by atoms with E-state index in [-0.39, 0.29) is 18.1 Å². The van der Waals surface area contributed by atoms with Crippen LogP contribution in [-0.4, -0.2) is 39.5 Å². The second kappa shape index (κ2) is 6.93. The van der Waals surface area contributed by atoms with Crippen LogP contribution in [-0.2, 0) is 20.9 Å². The van der Waals surface area contributed by atoms with Crippen LogP contribution in [0.1, 0.15) is 6.42 Å². The minimum Gasteiger partial charge on any atom is -0.468 e. The SMILES string of the molecule is COC(=O)CSc1nnc(-c2ccco2)n1CCC(N)=O. The number of hydrogen-bond donors (Lipinski definition) is 1. The van der Waals surface area contributed by atoms with Crippen LogP contribution in [0.3, 0.4) is 0 Å². The summed E-state index contributed by atoms with van der Waals surface area (Å²) < 4.78 is 11.6. The number of nitrogens with zero attached hydrogens (tertiary/aromatic N) is 3. The molecule has 0 saturated heterocycles. The van der Waals surface area contributed by atoms with Crippen LogP contribution in [0, 0.1) is 0 Å². The van der Waals surface area contributed by atoms with E-state index in [1.807, 2.05) is 0 Å². The van der Waals surface area contributed by atoms with Crippen LogP contribution < -0.4 is 5.73 Å². The van der Waals surface area contributed by atoms with E-state index in [2.05, 4.69) is 14.9 Å². The van der Waals surface area contributed by atoms with Crippen molar-refractivity contribution in [2.24, 2.45) is 5.73 Å². The number of rotatable bonds is 7. The number of amides is 1. The molecule has 0 radical (unpaired) electrons. The lowest BCUT2D eigenvalue weighted by molar-refractivity contribution is -0.137. The largest absolute Gasteiger partial charge is 0.468 e. The van der Waals surface area contributed by atoms with E-state index in [1.54, 1.807) is 16.7 Å². The molecule has 0 atom stereocenters. The number of hydrogen-bond acceptors (Lipinski definition) is 7.